The zero-order valence-corrected chi connectivity index (χ0v) is 12.2. The Kier molecular flexibility index (Phi) is 3.97. The molecule has 0 bridgehead atoms. The lowest BCUT2D eigenvalue weighted by molar-refractivity contribution is -0.102. The van der Waals surface area contributed by atoms with E-state index in [1.165, 1.54) is 0 Å². The Morgan fingerprint density at radius 3 is 2.45 bits per heavy atom. The summed E-state index contributed by atoms with van der Waals surface area (Å²) in [4.78, 5) is 29.6. The molecule has 0 saturated heterocycles. The van der Waals surface area contributed by atoms with Gasteiger partial charge in [-0.1, -0.05) is 30.7 Å². The smallest absolute Gasteiger partial charge is 0.266 e. The molecule has 2 aromatic rings. The highest BCUT2D eigenvalue weighted by atomic mass is 16.7. The van der Waals surface area contributed by atoms with Crippen molar-refractivity contribution in [2.45, 2.75) is 32.9 Å². The lowest BCUT2D eigenvalue weighted by Gasteiger charge is -2.11. The van der Waals surface area contributed by atoms with Crippen LogP contribution in [-0.2, 0) is 18.0 Å². The van der Waals surface area contributed by atoms with Crippen LogP contribution < -0.4 is 0 Å². The third kappa shape index (κ3) is 2.62. The second kappa shape index (κ2) is 6.07. The molecule has 0 atom stereocenters. The highest BCUT2D eigenvalue weighted by molar-refractivity contribution is 6.20. The molecule has 0 unspecified atom stereocenters. The van der Waals surface area contributed by atoms with Gasteiger partial charge in [-0.15, -0.1) is 10.2 Å². The molecule has 1 aromatic heterocycles. The second-order valence-corrected chi connectivity index (χ2v) is 5.05. The topological polar surface area (TPSA) is 77.3 Å². The van der Waals surface area contributed by atoms with Gasteiger partial charge in [-0.3, -0.25) is 19.1 Å². The fourth-order valence-electron chi connectivity index (χ4n) is 2.25. The zero-order valence-electron chi connectivity index (χ0n) is 12.2. The lowest BCUT2D eigenvalue weighted by atomic mass is 10.1. The third-order valence-corrected chi connectivity index (χ3v) is 3.43. The maximum absolute atomic E-state index is 12.1. The van der Waals surface area contributed by atoms with Crippen LogP contribution in [0.1, 0.15) is 46.2 Å². The summed E-state index contributed by atoms with van der Waals surface area (Å²) in [5, 5.41) is 8.73. The first-order valence-electron chi connectivity index (χ1n) is 7.20. The minimum Gasteiger partial charge on any atom is -0.266 e. The van der Waals surface area contributed by atoms with Gasteiger partial charge in [0.05, 0.1) is 17.3 Å². The van der Waals surface area contributed by atoms with Crippen molar-refractivity contribution in [2.75, 3.05) is 0 Å². The number of rotatable bonds is 6. The molecule has 0 spiro atoms. The number of hydrogen-bond acceptors (Lipinski definition) is 5. The van der Waals surface area contributed by atoms with E-state index in [9.17, 15) is 9.59 Å². The van der Waals surface area contributed by atoms with Crippen LogP contribution in [0, 0.1) is 0 Å². The molecule has 2 amide bonds. The first kappa shape index (κ1) is 14.4. The molecule has 7 heteroatoms. The van der Waals surface area contributed by atoms with Crippen molar-refractivity contribution < 1.29 is 14.4 Å². The van der Waals surface area contributed by atoms with Gasteiger partial charge in [0.15, 0.2) is 0 Å². The fraction of sp³-hybridized carbons (Fsp3) is 0.333. The van der Waals surface area contributed by atoms with Crippen molar-refractivity contribution in [3.8, 4) is 0 Å². The van der Waals surface area contributed by atoms with E-state index in [-0.39, 0.29) is 6.61 Å². The Balaban J connectivity index is 1.64. The Hall–Kier alpha value is -2.54. The molecule has 22 heavy (non-hydrogen) atoms. The monoisotopic (exact) mass is 300 g/mol. The Morgan fingerprint density at radius 1 is 1.14 bits per heavy atom. The fourth-order valence-corrected chi connectivity index (χ4v) is 2.25. The number of aromatic nitrogens is 3. The van der Waals surface area contributed by atoms with E-state index < -0.39 is 11.8 Å². The first-order valence-corrected chi connectivity index (χ1v) is 7.20. The van der Waals surface area contributed by atoms with E-state index in [0.29, 0.717) is 16.8 Å². The summed E-state index contributed by atoms with van der Waals surface area (Å²) >= 11 is 0. The van der Waals surface area contributed by atoms with Gasteiger partial charge in [0.1, 0.15) is 12.3 Å². The van der Waals surface area contributed by atoms with Crippen LogP contribution >= 0.6 is 0 Å². The molecular weight excluding hydrogens is 284 g/mol. The number of carbonyl (C=O) groups excluding carboxylic acids is 2. The lowest BCUT2D eigenvalue weighted by Crippen LogP contribution is -2.29. The normalized spacial score (nSPS) is 13.8. The standard InChI is InChI=1S/C15H16N4O3/c1-2-3-8-18-9-11(16-17-18)10-22-19-14(20)12-6-4-5-7-13(12)15(19)21/h4-7,9H,2-3,8,10H2,1H3. The average molecular weight is 300 g/mol. The number of aryl methyl sites for hydroxylation is 1. The predicted molar refractivity (Wildman–Crippen MR) is 76.7 cm³/mol. The van der Waals surface area contributed by atoms with Gasteiger partial charge in [0.25, 0.3) is 11.8 Å². The quantitative estimate of drug-likeness (QED) is 0.760. The number of hydroxylamine groups is 2. The number of fused-ring (bicyclic) bond motifs is 1. The molecule has 1 aliphatic heterocycles. The van der Waals surface area contributed by atoms with E-state index in [2.05, 4.69) is 17.2 Å². The number of amides is 2. The molecule has 0 radical (unpaired) electrons. The molecular formula is C15H16N4O3. The number of carbonyl (C=O) groups is 2. The Bertz CT molecular complexity index is 675. The summed E-state index contributed by atoms with van der Waals surface area (Å²) in [5.41, 5.74) is 1.30. The van der Waals surface area contributed by atoms with Gasteiger partial charge < -0.3 is 0 Å². The summed E-state index contributed by atoms with van der Waals surface area (Å²) in [6.45, 7) is 2.91. The summed E-state index contributed by atoms with van der Waals surface area (Å²) in [7, 11) is 0. The van der Waals surface area contributed by atoms with Crippen molar-refractivity contribution in [1.29, 1.82) is 0 Å². The predicted octanol–water partition coefficient (Wildman–Crippen LogP) is 1.81. The van der Waals surface area contributed by atoms with Gasteiger partial charge in [-0.05, 0) is 18.6 Å². The van der Waals surface area contributed by atoms with E-state index >= 15 is 0 Å². The van der Waals surface area contributed by atoms with E-state index in [1.54, 1.807) is 35.1 Å². The minimum atomic E-state index is -0.445. The zero-order chi connectivity index (χ0) is 15.5. The molecule has 2 heterocycles. The molecule has 0 aliphatic carbocycles. The van der Waals surface area contributed by atoms with Crippen LogP contribution in [0.5, 0.6) is 0 Å². The van der Waals surface area contributed by atoms with Gasteiger partial charge in [0.2, 0.25) is 0 Å². The Morgan fingerprint density at radius 2 is 1.82 bits per heavy atom. The molecule has 114 valence electrons. The SMILES string of the molecule is CCCCn1cc(CON2C(=O)c3ccccc3C2=O)nn1. The summed E-state index contributed by atoms with van der Waals surface area (Å²) in [6.07, 6.45) is 3.84. The number of unbranched alkanes of at least 4 members (excludes halogenated alkanes) is 1. The Labute approximate surface area is 127 Å². The second-order valence-electron chi connectivity index (χ2n) is 5.05. The van der Waals surface area contributed by atoms with Gasteiger partial charge in [0, 0.05) is 6.54 Å². The van der Waals surface area contributed by atoms with Crippen molar-refractivity contribution in [3.05, 3.63) is 47.3 Å². The largest absolute Gasteiger partial charge is 0.285 e. The van der Waals surface area contributed by atoms with Crippen molar-refractivity contribution in [1.82, 2.24) is 20.1 Å². The van der Waals surface area contributed by atoms with Gasteiger partial charge >= 0.3 is 0 Å². The summed E-state index contributed by atoms with van der Waals surface area (Å²) < 4.78 is 1.73. The maximum atomic E-state index is 12.1. The summed E-state index contributed by atoms with van der Waals surface area (Å²) in [6, 6.07) is 6.65. The van der Waals surface area contributed by atoms with Gasteiger partial charge in [-0.25, -0.2) is 0 Å². The minimum absolute atomic E-state index is 0.0254. The molecule has 0 saturated carbocycles. The van der Waals surface area contributed by atoms with Crippen LogP contribution in [0.4, 0.5) is 0 Å². The van der Waals surface area contributed by atoms with E-state index in [4.69, 9.17) is 4.84 Å². The molecule has 1 aliphatic rings. The van der Waals surface area contributed by atoms with Crippen LogP contribution in [0.3, 0.4) is 0 Å². The van der Waals surface area contributed by atoms with Crippen LogP contribution in [0.15, 0.2) is 30.5 Å². The molecule has 0 N–H and O–H groups in total. The molecule has 1 aromatic carbocycles. The van der Waals surface area contributed by atoms with E-state index in [0.717, 1.165) is 24.4 Å². The highest BCUT2D eigenvalue weighted by Gasteiger charge is 2.36. The summed E-state index contributed by atoms with van der Waals surface area (Å²) in [5.74, 6) is -0.891. The maximum Gasteiger partial charge on any atom is 0.285 e. The van der Waals surface area contributed by atoms with Crippen LogP contribution in [-0.4, -0.2) is 31.9 Å². The highest BCUT2D eigenvalue weighted by Crippen LogP contribution is 2.23. The number of imide groups is 1. The van der Waals surface area contributed by atoms with Crippen molar-refractivity contribution >= 4 is 11.8 Å². The number of hydrogen-bond donors (Lipinski definition) is 0. The average Bonchev–Trinajstić information content (AvgIpc) is 3.08. The van der Waals surface area contributed by atoms with E-state index in [1.807, 2.05) is 0 Å². The van der Waals surface area contributed by atoms with Gasteiger partial charge in [-0.2, -0.15) is 0 Å². The van der Waals surface area contributed by atoms with Crippen molar-refractivity contribution in [3.63, 3.8) is 0 Å². The molecule has 3 rings (SSSR count). The first-order chi connectivity index (χ1) is 10.7. The number of benzene rings is 1. The van der Waals surface area contributed by atoms with Crippen molar-refractivity contribution in [2.24, 2.45) is 0 Å². The van der Waals surface area contributed by atoms with Crippen LogP contribution in [0.2, 0.25) is 0 Å². The third-order valence-electron chi connectivity index (χ3n) is 3.43. The molecule has 7 nitrogen and oxygen atoms in total. The number of nitrogens with zero attached hydrogens (tertiary/aromatic N) is 4. The molecule has 0 fully saturated rings. The van der Waals surface area contributed by atoms with Crippen LogP contribution in [0.25, 0.3) is 0 Å².